The maximum absolute atomic E-state index is 5.45. The van der Waals surface area contributed by atoms with Crippen LogP contribution in [-0.2, 0) is 6.54 Å². The van der Waals surface area contributed by atoms with Crippen molar-refractivity contribution in [3.05, 3.63) is 23.9 Å². The normalized spacial score (nSPS) is 19.9. The molecule has 1 saturated heterocycles. The zero-order valence-corrected chi connectivity index (χ0v) is 10.0. The van der Waals surface area contributed by atoms with Gasteiger partial charge in [-0.1, -0.05) is 19.9 Å². The largest absolute Gasteiger partial charge is 0.308 e. The summed E-state index contributed by atoms with van der Waals surface area (Å²) >= 11 is 0. The van der Waals surface area contributed by atoms with Gasteiger partial charge in [-0.15, -0.1) is 0 Å². The second kappa shape index (κ2) is 4.39. The molecule has 1 aliphatic heterocycles. The number of hydrogen-bond acceptors (Lipinski definition) is 4. The smallest absolute Gasteiger partial charge is 0.144 e. The molecule has 1 aromatic heterocycles. The lowest BCUT2D eigenvalue weighted by atomic mass is 9.93. The van der Waals surface area contributed by atoms with Gasteiger partial charge >= 0.3 is 0 Å². The first-order valence-electron chi connectivity index (χ1n) is 5.74. The molecule has 16 heavy (non-hydrogen) atoms. The molecule has 0 aromatic carbocycles. The molecule has 0 spiro atoms. The maximum Gasteiger partial charge on any atom is 0.144 e. The van der Waals surface area contributed by atoms with Crippen LogP contribution < -0.4 is 11.3 Å². The fraction of sp³-hybridized carbons (Fsp3) is 0.583. The predicted octanol–water partition coefficient (Wildman–Crippen LogP) is 1.60. The van der Waals surface area contributed by atoms with Gasteiger partial charge in [0.15, 0.2) is 0 Å². The Bertz CT molecular complexity index is 362. The molecule has 2 rings (SSSR count). The first-order chi connectivity index (χ1) is 7.61. The summed E-state index contributed by atoms with van der Waals surface area (Å²) in [5.74, 6) is 6.23. The van der Waals surface area contributed by atoms with Gasteiger partial charge in [0.2, 0.25) is 0 Å². The lowest BCUT2D eigenvalue weighted by Gasteiger charge is -2.20. The average Bonchev–Trinajstić information content (AvgIpc) is 2.59. The Balaban J connectivity index is 2.04. The van der Waals surface area contributed by atoms with Crippen molar-refractivity contribution in [1.82, 2.24) is 9.88 Å². The van der Waals surface area contributed by atoms with Crippen LogP contribution >= 0.6 is 0 Å². The van der Waals surface area contributed by atoms with Crippen LogP contribution in [0.4, 0.5) is 5.82 Å². The Hall–Kier alpha value is -1.13. The average molecular weight is 220 g/mol. The summed E-state index contributed by atoms with van der Waals surface area (Å²) in [5.41, 5.74) is 4.26. The van der Waals surface area contributed by atoms with Crippen LogP contribution in [-0.4, -0.2) is 23.0 Å². The van der Waals surface area contributed by atoms with Gasteiger partial charge in [-0.2, -0.15) is 0 Å². The monoisotopic (exact) mass is 220 g/mol. The standard InChI is InChI=1S/C12H20N4/c1-12(2)5-7-16(9-12)8-10-4-3-6-14-11(10)15-13/h3-4,6H,5,7-9,13H2,1-2H3,(H,14,15). The van der Waals surface area contributed by atoms with Crippen LogP contribution in [0.25, 0.3) is 0 Å². The number of anilines is 1. The van der Waals surface area contributed by atoms with E-state index in [1.165, 1.54) is 12.0 Å². The summed E-state index contributed by atoms with van der Waals surface area (Å²) in [6.45, 7) is 7.87. The van der Waals surface area contributed by atoms with Crippen LogP contribution in [0.1, 0.15) is 25.8 Å². The molecule has 88 valence electrons. The van der Waals surface area contributed by atoms with Gasteiger partial charge in [0, 0.05) is 24.8 Å². The van der Waals surface area contributed by atoms with E-state index in [1.807, 2.05) is 6.07 Å². The Labute approximate surface area is 96.8 Å². The van der Waals surface area contributed by atoms with E-state index in [0.29, 0.717) is 5.41 Å². The zero-order chi connectivity index (χ0) is 11.6. The summed E-state index contributed by atoms with van der Waals surface area (Å²) in [6, 6.07) is 4.03. The highest BCUT2D eigenvalue weighted by molar-refractivity contribution is 5.42. The van der Waals surface area contributed by atoms with Crippen LogP contribution in [0.15, 0.2) is 18.3 Å². The van der Waals surface area contributed by atoms with Gasteiger partial charge in [-0.05, 0) is 24.4 Å². The Kier molecular flexibility index (Phi) is 3.12. The summed E-state index contributed by atoms with van der Waals surface area (Å²) < 4.78 is 0. The first kappa shape index (κ1) is 11.4. The Morgan fingerprint density at radius 1 is 1.56 bits per heavy atom. The molecule has 1 fully saturated rings. The highest BCUT2D eigenvalue weighted by atomic mass is 15.3. The van der Waals surface area contributed by atoms with Crippen molar-refractivity contribution < 1.29 is 0 Å². The van der Waals surface area contributed by atoms with Gasteiger partial charge in [0.05, 0.1) is 0 Å². The lowest BCUT2D eigenvalue weighted by Crippen LogP contribution is -2.24. The van der Waals surface area contributed by atoms with Gasteiger partial charge in [0.1, 0.15) is 5.82 Å². The molecule has 1 aromatic rings. The van der Waals surface area contributed by atoms with Crippen LogP contribution in [0.5, 0.6) is 0 Å². The fourth-order valence-corrected chi connectivity index (χ4v) is 2.30. The van der Waals surface area contributed by atoms with Gasteiger partial charge in [-0.25, -0.2) is 10.8 Å². The highest BCUT2D eigenvalue weighted by Crippen LogP contribution is 2.30. The molecule has 4 nitrogen and oxygen atoms in total. The first-order valence-corrected chi connectivity index (χ1v) is 5.74. The van der Waals surface area contributed by atoms with E-state index in [0.717, 1.165) is 25.5 Å². The summed E-state index contributed by atoms with van der Waals surface area (Å²) in [5, 5.41) is 0. The number of aromatic nitrogens is 1. The third-order valence-corrected chi connectivity index (χ3v) is 3.18. The second-order valence-corrected chi connectivity index (χ2v) is 5.28. The van der Waals surface area contributed by atoms with Crippen molar-refractivity contribution in [3.63, 3.8) is 0 Å². The van der Waals surface area contributed by atoms with E-state index in [-0.39, 0.29) is 0 Å². The minimum absolute atomic E-state index is 0.443. The van der Waals surface area contributed by atoms with E-state index < -0.39 is 0 Å². The minimum atomic E-state index is 0.443. The highest BCUT2D eigenvalue weighted by Gasteiger charge is 2.29. The van der Waals surface area contributed by atoms with Crippen LogP contribution in [0, 0.1) is 5.41 Å². The summed E-state index contributed by atoms with van der Waals surface area (Å²) in [6.07, 6.45) is 3.02. The summed E-state index contributed by atoms with van der Waals surface area (Å²) in [7, 11) is 0. The molecule has 0 saturated carbocycles. The lowest BCUT2D eigenvalue weighted by molar-refractivity contribution is 0.284. The number of hydrogen-bond donors (Lipinski definition) is 2. The minimum Gasteiger partial charge on any atom is -0.308 e. The molecule has 2 heterocycles. The molecule has 4 heteroatoms. The molecule has 0 aliphatic carbocycles. The van der Waals surface area contributed by atoms with Gasteiger partial charge < -0.3 is 5.43 Å². The molecular weight excluding hydrogens is 200 g/mol. The molecule has 0 radical (unpaired) electrons. The Morgan fingerprint density at radius 3 is 3.00 bits per heavy atom. The van der Waals surface area contributed by atoms with Gasteiger partial charge in [-0.3, -0.25) is 4.90 Å². The van der Waals surface area contributed by atoms with Crippen molar-refractivity contribution in [2.45, 2.75) is 26.8 Å². The maximum atomic E-state index is 5.45. The topological polar surface area (TPSA) is 54.2 Å². The van der Waals surface area contributed by atoms with E-state index in [4.69, 9.17) is 5.84 Å². The number of nitrogen functional groups attached to an aromatic ring is 1. The number of nitrogens with two attached hydrogens (primary N) is 1. The SMILES string of the molecule is CC1(C)CCN(Cc2cccnc2NN)C1. The van der Waals surface area contributed by atoms with E-state index >= 15 is 0 Å². The molecule has 0 unspecified atom stereocenters. The van der Waals surface area contributed by atoms with E-state index in [9.17, 15) is 0 Å². The number of nitrogens with zero attached hydrogens (tertiary/aromatic N) is 2. The van der Waals surface area contributed by atoms with Crippen molar-refractivity contribution in [2.24, 2.45) is 11.3 Å². The number of hydrazine groups is 1. The number of rotatable bonds is 3. The quantitative estimate of drug-likeness (QED) is 0.600. The fourth-order valence-electron chi connectivity index (χ4n) is 2.30. The van der Waals surface area contributed by atoms with Crippen molar-refractivity contribution in [3.8, 4) is 0 Å². The molecular formula is C12H20N4. The predicted molar refractivity (Wildman–Crippen MR) is 65.7 cm³/mol. The second-order valence-electron chi connectivity index (χ2n) is 5.28. The van der Waals surface area contributed by atoms with E-state index in [1.54, 1.807) is 6.20 Å². The third-order valence-electron chi connectivity index (χ3n) is 3.18. The number of nitrogens with one attached hydrogen (secondary N) is 1. The molecule has 1 aliphatic rings. The van der Waals surface area contributed by atoms with Gasteiger partial charge in [0.25, 0.3) is 0 Å². The number of likely N-dealkylation sites (tertiary alicyclic amines) is 1. The van der Waals surface area contributed by atoms with Crippen LogP contribution in [0.3, 0.4) is 0 Å². The van der Waals surface area contributed by atoms with Crippen molar-refractivity contribution >= 4 is 5.82 Å². The molecule has 0 atom stereocenters. The molecule has 0 amide bonds. The Morgan fingerprint density at radius 2 is 2.38 bits per heavy atom. The third kappa shape index (κ3) is 2.51. The zero-order valence-electron chi connectivity index (χ0n) is 10.0. The van der Waals surface area contributed by atoms with E-state index in [2.05, 4.69) is 35.2 Å². The number of pyridine rings is 1. The molecule has 3 N–H and O–H groups in total. The summed E-state index contributed by atoms with van der Waals surface area (Å²) in [4.78, 5) is 6.67. The van der Waals surface area contributed by atoms with Crippen molar-refractivity contribution in [1.29, 1.82) is 0 Å². The molecule has 0 bridgehead atoms. The van der Waals surface area contributed by atoms with Crippen LogP contribution in [0.2, 0.25) is 0 Å². The van der Waals surface area contributed by atoms with Crippen molar-refractivity contribution in [2.75, 3.05) is 18.5 Å².